The number of nitrogen functional groups attached to an aromatic ring is 1. The second kappa shape index (κ2) is 5.84. The third-order valence-corrected chi connectivity index (χ3v) is 3.74. The van der Waals surface area contributed by atoms with E-state index in [0.29, 0.717) is 11.6 Å². The van der Waals surface area contributed by atoms with Gasteiger partial charge in [0.15, 0.2) is 5.13 Å². The minimum atomic E-state index is -0.0151. The Morgan fingerprint density at radius 1 is 1.42 bits per heavy atom. The van der Waals surface area contributed by atoms with Crippen molar-refractivity contribution < 1.29 is 4.79 Å². The predicted octanol–water partition coefficient (Wildman–Crippen LogP) is 3.17. The number of rotatable bonds is 4. The van der Waals surface area contributed by atoms with Crippen molar-refractivity contribution in [2.24, 2.45) is 0 Å². The third-order valence-electron chi connectivity index (χ3n) is 2.86. The highest BCUT2D eigenvalue weighted by Gasteiger charge is 2.12. The Bertz CT molecular complexity index is 562. The fraction of sp³-hybridized carbons (Fsp3) is 0.286. The molecule has 1 amide bonds. The molecular formula is C14H17N3OS. The maximum Gasteiger partial charge on any atom is 0.226 e. The standard InChI is InChI=1S/C14H17N3OS/c1-9(11-3-5-12(15)6-4-11)7-13(18)17-14-16-10(2)8-19-14/h3-6,8-9H,7,15H2,1-2H3,(H,16,17,18). The molecule has 1 unspecified atom stereocenters. The fourth-order valence-corrected chi connectivity index (χ4v) is 2.51. The molecule has 0 saturated carbocycles. The number of hydrogen-bond acceptors (Lipinski definition) is 4. The summed E-state index contributed by atoms with van der Waals surface area (Å²) in [5, 5.41) is 5.39. The van der Waals surface area contributed by atoms with Crippen LogP contribution in [0.25, 0.3) is 0 Å². The highest BCUT2D eigenvalue weighted by Crippen LogP contribution is 2.21. The smallest absolute Gasteiger partial charge is 0.226 e. The molecule has 1 heterocycles. The molecule has 1 atom stereocenters. The van der Waals surface area contributed by atoms with Crippen LogP contribution in [0, 0.1) is 6.92 Å². The van der Waals surface area contributed by atoms with Crippen LogP contribution in [0.4, 0.5) is 10.8 Å². The van der Waals surface area contributed by atoms with Crippen LogP contribution in [-0.4, -0.2) is 10.9 Å². The molecule has 0 fully saturated rings. The molecule has 5 heteroatoms. The number of hydrogen-bond donors (Lipinski definition) is 2. The van der Waals surface area contributed by atoms with Crippen LogP contribution in [0.1, 0.15) is 30.5 Å². The summed E-state index contributed by atoms with van der Waals surface area (Å²) in [6.07, 6.45) is 0.433. The Kier molecular flexibility index (Phi) is 4.16. The molecule has 2 rings (SSSR count). The molecule has 1 aromatic heterocycles. The van der Waals surface area contributed by atoms with Crippen molar-refractivity contribution in [1.29, 1.82) is 0 Å². The van der Waals surface area contributed by atoms with Crippen molar-refractivity contribution in [3.05, 3.63) is 40.9 Å². The largest absolute Gasteiger partial charge is 0.399 e. The number of nitrogens with zero attached hydrogens (tertiary/aromatic N) is 1. The van der Waals surface area contributed by atoms with Crippen molar-refractivity contribution in [3.8, 4) is 0 Å². The lowest BCUT2D eigenvalue weighted by molar-refractivity contribution is -0.116. The molecule has 3 N–H and O–H groups in total. The van der Waals surface area contributed by atoms with Gasteiger partial charge in [-0.3, -0.25) is 4.79 Å². The molecule has 2 aromatic rings. The minimum absolute atomic E-state index is 0.0151. The SMILES string of the molecule is Cc1csc(NC(=O)CC(C)c2ccc(N)cc2)n1. The molecule has 100 valence electrons. The number of aryl methyl sites for hydroxylation is 1. The molecule has 4 nitrogen and oxygen atoms in total. The summed E-state index contributed by atoms with van der Waals surface area (Å²) in [6, 6.07) is 7.63. The molecule has 19 heavy (non-hydrogen) atoms. The number of thiazole rings is 1. The summed E-state index contributed by atoms with van der Waals surface area (Å²) in [5.41, 5.74) is 8.42. The van der Waals surface area contributed by atoms with E-state index in [-0.39, 0.29) is 11.8 Å². The van der Waals surface area contributed by atoms with E-state index in [0.717, 1.165) is 16.9 Å². The molecule has 0 aliphatic rings. The molecule has 0 aliphatic heterocycles. The Morgan fingerprint density at radius 2 is 2.11 bits per heavy atom. The number of benzene rings is 1. The number of amides is 1. The van der Waals surface area contributed by atoms with Crippen LogP contribution in [-0.2, 0) is 4.79 Å². The summed E-state index contributed by atoms with van der Waals surface area (Å²) in [4.78, 5) is 16.1. The van der Waals surface area contributed by atoms with Crippen LogP contribution in [0.5, 0.6) is 0 Å². The first-order valence-electron chi connectivity index (χ1n) is 6.12. The van der Waals surface area contributed by atoms with Gasteiger partial charge in [0.05, 0.1) is 5.69 Å². The van der Waals surface area contributed by atoms with Crippen molar-refractivity contribution in [3.63, 3.8) is 0 Å². The Morgan fingerprint density at radius 3 is 2.68 bits per heavy atom. The number of carbonyl (C=O) groups is 1. The van der Waals surface area contributed by atoms with Gasteiger partial charge in [-0.15, -0.1) is 11.3 Å². The van der Waals surface area contributed by atoms with Crippen LogP contribution < -0.4 is 11.1 Å². The number of aromatic nitrogens is 1. The van der Waals surface area contributed by atoms with Gasteiger partial charge < -0.3 is 11.1 Å². The molecule has 0 saturated heterocycles. The van der Waals surface area contributed by atoms with Crippen molar-refractivity contribution in [2.45, 2.75) is 26.2 Å². The zero-order valence-electron chi connectivity index (χ0n) is 11.0. The number of nitrogens with one attached hydrogen (secondary N) is 1. The summed E-state index contributed by atoms with van der Waals surface area (Å²) in [6.45, 7) is 3.93. The molecular weight excluding hydrogens is 258 g/mol. The van der Waals surface area contributed by atoms with Crippen molar-refractivity contribution >= 4 is 28.1 Å². The zero-order chi connectivity index (χ0) is 13.8. The van der Waals surface area contributed by atoms with Crippen LogP contribution in [0.2, 0.25) is 0 Å². The lowest BCUT2D eigenvalue weighted by atomic mass is 9.97. The van der Waals surface area contributed by atoms with E-state index >= 15 is 0 Å². The summed E-state index contributed by atoms with van der Waals surface area (Å²) >= 11 is 1.44. The number of carbonyl (C=O) groups excluding carboxylic acids is 1. The van der Waals surface area contributed by atoms with Gasteiger partial charge in [-0.05, 0) is 30.5 Å². The minimum Gasteiger partial charge on any atom is -0.399 e. The van der Waals surface area contributed by atoms with Crippen LogP contribution in [0.3, 0.4) is 0 Å². The highest BCUT2D eigenvalue weighted by atomic mass is 32.1. The lowest BCUT2D eigenvalue weighted by Gasteiger charge is -2.11. The first-order chi connectivity index (χ1) is 9.04. The third kappa shape index (κ3) is 3.79. The highest BCUT2D eigenvalue weighted by molar-refractivity contribution is 7.13. The van der Waals surface area contributed by atoms with Gasteiger partial charge in [-0.2, -0.15) is 0 Å². The van der Waals surface area contributed by atoms with Gasteiger partial charge in [-0.25, -0.2) is 4.98 Å². The summed E-state index contributed by atoms with van der Waals surface area (Å²) < 4.78 is 0. The average molecular weight is 275 g/mol. The number of nitrogens with two attached hydrogens (primary N) is 1. The normalized spacial score (nSPS) is 12.1. The number of anilines is 2. The van der Waals surface area contributed by atoms with E-state index in [4.69, 9.17) is 5.73 Å². The zero-order valence-corrected chi connectivity index (χ0v) is 11.8. The Hall–Kier alpha value is -1.88. The van der Waals surface area contributed by atoms with E-state index in [9.17, 15) is 4.79 Å². The topological polar surface area (TPSA) is 68.0 Å². The van der Waals surface area contributed by atoms with E-state index in [1.807, 2.05) is 43.5 Å². The lowest BCUT2D eigenvalue weighted by Crippen LogP contribution is -2.14. The molecule has 0 spiro atoms. The van der Waals surface area contributed by atoms with Gasteiger partial charge in [0.2, 0.25) is 5.91 Å². The first kappa shape index (κ1) is 13.5. The van der Waals surface area contributed by atoms with Crippen LogP contribution >= 0.6 is 11.3 Å². The van der Waals surface area contributed by atoms with Crippen LogP contribution in [0.15, 0.2) is 29.6 Å². The van der Waals surface area contributed by atoms with Crippen molar-refractivity contribution in [1.82, 2.24) is 4.98 Å². The molecule has 0 radical (unpaired) electrons. The van der Waals surface area contributed by atoms with E-state index in [1.54, 1.807) is 0 Å². The first-order valence-corrected chi connectivity index (χ1v) is 7.00. The quantitative estimate of drug-likeness (QED) is 0.842. The summed E-state index contributed by atoms with van der Waals surface area (Å²) in [7, 11) is 0. The van der Waals surface area contributed by atoms with Gasteiger partial charge in [0.1, 0.15) is 0 Å². The average Bonchev–Trinajstić information content (AvgIpc) is 2.75. The second-order valence-electron chi connectivity index (χ2n) is 4.61. The van der Waals surface area contributed by atoms with E-state index in [1.165, 1.54) is 11.3 Å². The summed E-state index contributed by atoms with van der Waals surface area (Å²) in [5.74, 6) is 0.139. The maximum atomic E-state index is 11.9. The predicted molar refractivity (Wildman–Crippen MR) is 79.4 cm³/mol. The van der Waals surface area contributed by atoms with Crippen molar-refractivity contribution in [2.75, 3.05) is 11.1 Å². The molecule has 1 aromatic carbocycles. The Balaban J connectivity index is 1.93. The second-order valence-corrected chi connectivity index (χ2v) is 5.47. The monoisotopic (exact) mass is 275 g/mol. The van der Waals surface area contributed by atoms with Gasteiger partial charge in [0.25, 0.3) is 0 Å². The van der Waals surface area contributed by atoms with Gasteiger partial charge in [-0.1, -0.05) is 19.1 Å². The van der Waals surface area contributed by atoms with Gasteiger partial charge in [0, 0.05) is 17.5 Å². The van der Waals surface area contributed by atoms with E-state index < -0.39 is 0 Å². The van der Waals surface area contributed by atoms with E-state index in [2.05, 4.69) is 10.3 Å². The maximum absolute atomic E-state index is 11.9. The fourth-order valence-electron chi connectivity index (χ4n) is 1.80. The molecule has 0 bridgehead atoms. The molecule has 0 aliphatic carbocycles. The Labute approximate surface area is 116 Å². The van der Waals surface area contributed by atoms with Gasteiger partial charge >= 0.3 is 0 Å².